The van der Waals surface area contributed by atoms with E-state index < -0.39 is 0 Å². The average Bonchev–Trinajstić information content (AvgIpc) is 2.61. The highest BCUT2D eigenvalue weighted by molar-refractivity contribution is 4.95. The fourth-order valence-electron chi connectivity index (χ4n) is 1.51. The molecule has 3 nitrogen and oxygen atoms in total. The monoisotopic (exact) mass is 238 g/mol. The summed E-state index contributed by atoms with van der Waals surface area (Å²) in [6.07, 6.45) is 3.96. The lowest BCUT2D eigenvalue weighted by Crippen LogP contribution is -2.19. The van der Waals surface area contributed by atoms with Gasteiger partial charge in [-0.15, -0.1) is 0 Å². The van der Waals surface area contributed by atoms with Crippen LogP contribution in [0.5, 0.6) is 0 Å². The van der Waals surface area contributed by atoms with Gasteiger partial charge in [0.15, 0.2) is 0 Å². The Balaban J connectivity index is 2.32. The molecule has 0 amide bonds. The minimum Gasteiger partial charge on any atom is -0.444 e. The van der Waals surface area contributed by atoms with Crippen molar-refractivity contribution in [3.8, 4) is 0 Å². The summed E-state index contributed by atoms with van der Waals surface area (Å²) < 4.78 is 5.69. The van der Waals surface area contributed by atoms with Gasteiger partial charge in [-0.1, -0.05) is 34.6 Å². The second-order valence-electron chi connectivity index (χ2n) is 6.31. The molecule has 0 radical (unpaired) electrons. The van der Waals surface area contributed by atoms with Gasteiger partial charge < -0.3 is 9.73 Å². The Labute approximate surface area is 105 Å². The van der Waals surface area contributed by atoms with E-state index in [0.717, 1.165) is 37.6 Å². The molecule has 0 spiro atoms. The van der Waals surface area contributed by atoms with Gasteiger partial charge in [-0.3, -0.25) is 0 Å². The molecule has 0 aromatic carbocycles. The predicted molar refractivity (Wildman–Crippen MR) is 70.8 cm³/mol. The van der Waals surface area contributed by atoms with Crippen molar-refractivity contribution in [2.24, 2.45) is 11.3 Å². The Bertz CT molecular complexity index is 323. The molecule has 0 fully saturated rings. The number of rotatable bonds is 6. The third kappa shape index (κ3) is 6.47. The fraction of sp³-hybridized carbons (Fsp3) is 0.786. The van der Waals surface area contributed by atoms with E-state index in [2.05, 4.69) is 44.9 Å². The topological polar surface area (TPSA) is 38.1 Å². The lowest BCUT2D eigenvalue weighted by Gasteiger charge is -2.16. The highest BCUT2D eigenvalue weighted by Gasteiger charge is 2.12. The Morgan fingerprint density at radius 3 is 2.65 bits per heavy atom. The molecule has 0 aliphatic heterocycles. The molecule has 1 aromatic rings. The first kappa shape index (κ1) is 14.2. The molecule has 17 heavy (non-hydrogen) atoms. The molecule has 1 heterocycles. The van der Waals surface area contributed by atoms with Crippen molar-refractivity contribution in [1.29, 1.82) is 0 Å². The summed E-state index contributed by atoms with van der Waals surface area (Å²) in [5, 5.41) is 3.33. The maximum atomic E-state index is 5.69. The standard InChI is InChI=1S/C14H26N2O/c1-11(2)8-15-10-13-16-9-12(17-13)6-7-14(3,4)5/h9,11,15H,6-8,10H2,1-5H3. The van der Waals surface area contributed by atoms with Crippen LogP contribution in [-0.2, 0) is 13.0 Å². The normalized spacial score (nSPS) is 12.4. The summed E-state index contributed by atoms with van der Waals surface area (Å²) in [7, 11) is 0. The molecule has 0 saturated carbocycles. The van der Waals surface area contributed by atoms with Crippen LogP contribution >= 0.6 is 0 Å². The third-order valence-corrected chi connectivity index (χ3v) is 2.55. The first-order chi connectivity index (χ1) is 7.87. The Kier molecular flexibility index (Phi) is 5.19. The molecule has 0 aliphatic rings. The van der Waals surface area contributed by atoms with Crippen molar-refractivity contribution >= 4 is 0 Å². The van der Waals surface area contributed by atoms with Crippen LogP contribution in [0.25, 0.3) is 0 Å². The van der Waals surface area contributed by atoms with E-state index in [9.17, 15) is 0 Å². The van der Waals surface area contributed by atoms with Crippen LogP contribution in [0.2, 0.25) is 0 Å². The largest absolute Gasteiger partial charge is 0.444 e. The first-order valence-corrected chi connectivity index (χ1v) is 6.51. The highest BCUT2D eigenvalue weighted by Crippen LogP contribution is 2.21. The van der Waals surface area contributed by atoms with E-state index in [4.69, 9.17) is 4.42 Å². The van der Waals surface area contributed by atoms with Gasteiger partial charge in [0.1, 0.15) is 5.76 Å². The van der Waals surface area contributed by atoms with Crippen molar-refractivity contribution in [3.63, 3.8) is 0 Å². The van der Waals surface area contributed by atoms with Gasteiger partial charge in [0, 0.05) is 6.42 Å². The molecule has 0 atom stereocenters. The number of oxazole rings is 1. The third-order valence-electron chi connectivity index (χ3n) is 2.55. The quantitative estimate of drug-likeness (QED) is 0.825. The molecule has 3 heteroatoms. The van der Waals surface area contributed by atoms with Crippen LogP contribution in [0.15, 0.2) is 10.6 Å². The summed E-state index contributed by atoms with van der Waals surface area (Å²) in [6.45, 7) is 12.8. The Morgan fingerprint density at radius 1 is 1.35 bits per heavy atom. The smallest absolute Gasteiger partial charge is 0.208 e. The van der Waals surface area contributed by atoms with Crippen molar-refractivity contribution in [2.45, 2.75) is 54.0 Å². The Hall–Kier alpha value is -0.830. The minimum absolute atomic E-state index is 0.350. The van der Waals surface area contributed by atoms with E-state index in [1.807, 2.05) is 6.20 Å². The van der Waals surface area contributed by atoms with Gasteiger partial charge in [0.2, 0.25) is 5.89 Å². The molecular weight excluding hydrogens is 212 g/mol. The molecule has 0 saturated heterocycles. The number of nitrogens with one attached hydrogen (secondary N) is 1. The van der Waals surface area contributed by atoms with Crippen molar-refractivity contribution in [3.05, 3.63) is 17.8 Å². The second-order valence-corrected chi connectivity index (χ2v) is 6.31. The van der Waals surface area contributed by atoms with Gasteiger partial charge >= 0.3 is 0 Å². The number of aromatic nitrogens is 1. The lowest BCUT2D eigenvalue weighted by atomic mass is 9.90. The SMILES string of the molecule is CC(C)CNCc1ncc(CCC(C)(C)C)o1. The minimum atomic E-state index is 0.350. The molecule has 1 N–H and O–H groups in total. The summed E-state index contributed by atoms with van der Waals surface area (Å²) in [4.78, 5) is 4.28. The molecular formula is C14H26N2O. The number of hydrogen-bond acceptors (Lipinski definition) is 3. The summed E-state index contributed by atoms with van der Waals surface area (Å²) in [6, 6.07) is 0. The zero-order valence-corrected chi connectivity index (χ0v) is 11.8. The van der Waals surface area contributed by atoms with Gasteiger partial charge in [-0.05, 0) is 24.3 Å². The maximum absolute atomic E-state index is 5.69. The first-order valence-electron chi connectivity index (χ1n) is 6.51. The van der Waals surface area contributed by atoms with Gasteiger partial charge in [0.25, 0.3) is 0 Å². The van der Waals surface area contributed by atoms with Crippen LogP contribution in [0.4, 0.5) is 0 Å². The number of hydrogen-bond donors (Lipinski definition) is 1. The van der Waals surface area contributed by atoms with Crippen molar-refractivity contribution in [1.82, 2.24) is 10.3 Å². The average molecular weight is 238 g/mol. The van der Waals surface area contributed by atoms with Crippen LogP contribution in [-0.4, -0.2) is 11.5 Å². The molecule has 1 aromatic heterocycles. The van der Waals surface area contributed by atoms with Gasteiger partial charge in [-0.2, -0.15) is 0 Å². The van der Waals surface area contributed by atoms with Crippen LogP contribution in [0.3, 0.4) is 0 Å². The molecule has 0 unspecified atom stereocenters. The van der Waals surface area contributed by atoms with E-state index in [-0.39, 0.29) is 0 Å². The van der Waals surface area contributed by atoms with Crippen molar-refractivity contribution in [2.75, 3.05) is 6.54 Å². The lowest BCUT2D eigenvalue weighted by molar-refractivity contribution is 0.351. The molecule has 1 rings (SSSR count). The zero-order valence-electron chi connectivity index (χ0n) is 11.8. The molecule has 0 bridgehead atoms. The fourth-order valence-corrected chi connectivity index (χ4v) is 1.51. The number of aryl methyl sites for hydroxylation is 1. The van der Waals surface area contributed by atoms with Gasteiger partial charge in [-0.25, -0.2) is 4.98 Å². The van der Waals surface area contributed by atoms with Crippen LogP contribution < -0.4 is 5.32 Å². The summed E-state index contributed by atoms with van der Waals surface area (Å²) >= 11 is 0. The maximum Gasteiger partial charge on any atom is 0.208 e. The predicted octanol–water partition coefficient (Wildman–Crippen LogP) is 3.40. The number of nitrogens with zero attached hydrogens (tertiary/aromatic N) is 1. The zero-order chi connectivity index (χ0) is 12.9. The summed E-state index contributed by atoms with van der Waals surface area (Å²) in [5.41, 5.74) is 0.350. The van der Waals surface area contributed by atoms with E-state index >= 15 is 0 Å². The highest BCUT2D eigenvalue weighted by atomic mass is 16.4. The Morgan fingerprint density at radius 2 is 2.06 bits per heavy atom. The van der Waals surface area contributed by atoms with Gasteiger partial charge in [0.05, 0.1) is 12.7 Å². The van der Waals surface area contributed by atoms with E-state index in [1.54, 1.807) is 0 Å². The van der Waals surface area contributed by atoms with Crippen LogP contribution in [0.1, 0.15) is 52.7 Å². The summed E-state index contributed by atoms with van der Waals surface area (Å²) in [5.74, 6) is 2.46. The molecule has 98 valence electrons. The molecule has 0 aliphatic carbocycles. The second kappa shape index (κ2) is 6.20. The van der Waals surface area contributed by atoms with Crippen LogP contribution in [0, 0.1) is 11.3 Å². The van der Waals surface area contributed by atoms with E-state index in [1.165, 1.54) is 0 Å². The van der Waals surface area contributed by atoms with E-state index in [0.29, 0.717) is 11.3 Å². The van der Waals surface area contributed by atoms with Crippen molar-refractivity contribution < 1.29 is 4.42 Å².